The summed E-state index contributed by atoms with van der Waals surface area (Å²) < 4.78 is 311. The molecule has 320 valence electrons. The van der Waals surface area contributed by atoms with Crippen LogP contribution < -0.4 is 80.0 Å². The van der Waals surface area contributed by atoms with Crippen LogP contribution in [0.3, 0.4) is 0 Å². The minimum absolute atomic E-state index is 0. The van der Waals surface area contributed by atoms with Gasteiger partial charge in [-0.3, -0.25) is 0 Å². The summed E-state index contributed by atoms with van der Waals surface area (Å²) in [6.45, 7) is 0. The van der Waals surface area contributed by atoms with E-state index in [1.165, 1.54) is 0 Å². The van der Waals surface area contributed by atoms with E-state index in [-0.39, 0.29) is 87.4 Å². The number of rotatable bonds is 0. The summed E-state index contributed by atoms with van der Waals surface area (Å²) in [5, 5.41) is 0. The zero-order valence-corrected chi connectivity index (χ0v) is 47.7. The molecule has 38 nitrogen and oxygen atoms in total. The molecule has 0 aromatic heterocycles. The van der Waals surface area contributed by atoms with Crippen molar-refractivity contribution >= 4 is 0 Å². The molecule has 0 aromatic carbocycles. The molecule has 0 saturated carbocycles. The predicted octanol–water partition coefficient (Wildman–Crippen LogP) is -22.8. The van der Waals surface area contributed by atoms with Crippen LogP contribution >= 0.6 is 0 Å². The largest absolute Gasteiger partial charge is 6.00 e. The van der Waals surface area contributed by atoms with Crippen molar-refractivity contribution in [2.45, 2.75) is 0 Å². The monoisotopic (exact) mass is 1980 g/mol. The van der Waals surface area contributed by atoms with Crippen LogP contribution in [0.5, 0.6) is 0 Å². The second-order valence-electron chi connectivity index (χ2n) is 3.67. The molecular weight excluding hydrogens is 1950 g/mol. The standard InChI is InChI=1S/9Mo.2H3N.2Ni.36O.2W/h;;;;;;;;;2*1H3;;;;;;;;;;;;;;;;;;;;;;;;;;;;;;;;;;;;;;;;/q;;;;;;;;;;;2*+2;;;;;;;;;;;;;;;;;;;18*-1;2*+6/p+2. The van der Waals surface area contributed by atoms with E-state index in [1.807, 2.05) is 0 Å². The Morgan fingerprint density at radius 1 is 0.176 bits per heavy atom. The average molecular weight is 1960 g/mol. The van der Waals surface area contributed by atoms with E-state index in [0.717, 1.165) is 0 Å². The van der Waals surface area contributed by atoms with Crippen LogP contribution in [0.15, 0.2) is 0 Å². The summed E-state index contributed by atoms with van der Waals surface area (Å²) in [6.07, 6.45) is 0. The fourth-order valence-corrected chi connectivity index (χ4v) is 0. The number of hydrogen-bond donors (Lipinski definition) is 2. The van der Waals surface area contributed by atoms with Gasteiger partial charge in [0.05, 0.1) is 0 Å². The first-order valence-corrected chi connectivity index (χ1v) is 35.5. The van der Waals surface area contributed by atoms with Gasteiger partial charge < -0.3 is 12.3 Å². The molecule has 0 atom stereocenters. The van der Waals surface area contributed by atoms with E-state index in [9.17, 15) is 0 Å². The maximum absolute atomic E-state index is 8.63. The van der Waals surface area contributed by atoms with Crippen LogP contribution in [-0.4, -0.2) is 0 Å². The molecule has 8 N–H and O–H groups in total. The van der Waals surface area contributed by atoms with E-state index in [0.29, 0.717) is 0 Å². The first kappa shape index (κ1) is 100. The normalized spacial score (nSPS) is 10.2. The van der Waals surface area contributed by atoms with Crippen molar-refractivity contribution in [3.63, 3.8) is 0 Å². The van der Waals surface area contributed by atoms with E-state index < -0.39 is 151 Å². The van der Waals surface area contributed by atoms with E-state index >= 15 is 0 Å². The Hall–Kier alpha value is 4.16. The van der Waals surface area contributed by atoms with Crippen molar-refractivity contribution in [2.75, 3.05) is 0 Å². The first-order valence-electron chi connectivity index (χ1n) is 6.00. The van der Waals surface area contributed by atoms with Gasteiger partial charge in [0.1, 0.15) is 0 Å². The molecule has 0 bridgehead atoms. The molecule has 0 saturated heterocycles. The van der Waals surface area contributed by atoms with Crippen LogP contribution in [0, 0.1) is 0 Å². The van der Waals surface area contributed by atoms with Gasteiger partial charge in [0.25, 0.3) is 0 Å². The van der Waals surface area contributed by atoms with Crippen molar-refractivity contribution < 1.29 is 355 Å². The third kappa shape index (κ3) is 8520. The molecule has 0 aliphatic heterocycles. The van der Waals surface area contributed by atoms with Crippen molar-refractivity contribution in [1.82, 2.24) is 12.3 Å². The van der Waals surface area contributed by atoms with Crippen molar-refractivity contribution in [2.24, 2.45) is 0 Å². The Labute approximate surface area is 360 Å². The summed E-state index contributed by atoms with van der Waals surface area (Å²) in [7, 11) is 0. The number of hydrogen-bond acceptors (Lipinski definition) is 36. The Morgan fingerprint density at radius 2 is 0.176 bits per heavy atom. The maximum Gasteiger partial charge on any atom is 6.00 e. The SMILES string of the molecule is [NH4+].[NH4+].[Ni+2].[Ni+2].[O]=[Mo](=[O])([O-])[O-].[O]=[Mo](=[O])([O-])[O-].[O]=[Mo](=[O])([O-])[O-].[O]=[Mo](=[O])([O-])[O-].[O]=[Mo](=[O])([O-])[O-].[O]=[Mo](=[O])([O-])[O-].[O]=[Mo](=[O])([O-])[O-].[O]=[Mo](=[O])([O-])[O-].[O]=[Mo](=[O])([O-])[O-].[W+6].[W+6]. The fraction of sp³-hybridized carbons (Fsp3) is 0. The van der Waals surface area contributed by atoms with Gasteiger partial charge in [-0.15, -0.1) is 0 Å². The molecule has 0 amide bonds. The van der Waals surface area contributed by atoms with Gasteiger partial charge in [-0.1, -0.05) is 0 Å². The quantitative estimate of drug-likeness (QED) is 0.213. The van der Waals surface area contributed by atoms with Crippen molar-refractivity contribution in [3.05, 3.63) is 0 Å². The fourth-order valence-electron chi connectivity index (χ4n) is 0. The third-order valence-corrected chi connectivity index (χ3v) is 0. The van der Waals surface area contributed by atoms with E-state index in [4.69, 9.17) is 129 Å². The van der Waals surface area contributed by atoms with Crippen LogP contribution in [0.25, 0.3) is 0 Å². The van der Waals surface area contributed by atoms with Gasteiger partial charge in [-0.25, -0.2) is 0 Å². The molecule has 0 radical (unpaired) electrons. The van der Waals surface area contributed by atoms with Gasteiger partial charge in [-0.2, -0.15) is 0 Å². The molecule has 51 heavy (non-hydrogen) atoms. The summed E-state index contributed by atoms with van der Waals surface area (Å²) in [5.74, 6) is 0. The molecule has 0 aromatic rings. The van der Waals surface area contributed by atoms with Crippen molar-refractivity contribution in [1.29, 1.82) is 0 Å². The summed E-state index contributed by atoms with van der Waals surface area (Å²) in [5.41, 5.74) is 0. The van der Waals surface area contributed by atoms with Gasteiger partial charge in [0.15, 0.2) is 0 Å². The minimum Gasteiger partial charge on any atom is 6.00 e. The van der Waals surface area contributed by atoms with Crippen LogP contribution in [0.2, 0.25) is 0 Å². The molecule has 0 spiro atoms. The molecule has 0 fully saturated rings. The molecule has 0 aliphatic rings. The molecule has 0 aliphatic carbocycles. The predicted molar refractivity (Wildman–Crippen MR) is 24.3 cm³/mol. The Bertz CT molecular complexity index is 1250. The number of quaternary nitrogens is 2. The molecule has 0 unspecified atom stereocenters. The summed E-state index contributed by atoms with van der Waals surface area (Å²) >= 11 is -54.2. The van der Waals surface area contributed by atoms with Gasteiger partial charge in [0.2, 0.25) is 0 Å². The Kier molecular flexibility index (Phi) is 89.0. The molecule has 51 heteroatoms. The molecule has 0 rings (SSSR count). The minimum atomic E-state index is -6.02. The topological polar surface area (TPSA) is 795 Å². The van der Waals surface area contributed by atoms with E-state index in [1.54, 1.807) is 0 Å². The second kappa shape index (κ2) is 45.2. The summed E-state index contributed by atoms with van der Waals surface area (Å²) in [4.78, 5) is 0. The van der Waals surface area contributed by atoms with Crippen LogP contribution in [0.1, 0.15) is 0 Å². The van der Waals surface area contributed by atoms with Gasteiger partial charge in [0, 0.05) is 0 Å². The molecule has 0 heterocycles. The van der Waals surface area contributed by atoms with Crippen molar-refractivity contribution in [3.8, 4) is 0 Å². The second-order valence-corrected chi connectivity index (χ2v) is 21.7. The van der Waals surface area contributed by atoms with Gasteiger partial charge >= 0.3 is 355 Å². The van der Waals surface area contributed by atoms with E-state index in [2.05, 4.69) is 0 Å². The summed E-state index contributed by atoms with van der Waals surface area (Å²) in [6, 6.07) is 0. The maximum atomic E-state index is 8.63. The smallest absolute Gasteiger partial charge is 6.00 e. The van der Waals surface area contributed by atoms with Gasteiger partial charge in [-0.05, 0) is 0 Å². The third-order valence-electron chi connectivity index (χ3n) is 0. The average Bonchev–Trinajstić information content (AvgIpc) is 2.26. The Morgan fingerprint density at radius 3 is 0.176 bits per heavy atom. The Balaban J connectivity index is -0.0000000217. The zero-order valence-electron chi connectivity index (χ0n) is 21.8. The van der Waals surface area contributed by atoms with Crippen LogP contribution in [0.4, 0.5) is 0 Å². The zero-order chi connectivity index (χ0) is 40.5. The first-order chi connectivity index (χ1) is 18.0. The molecular formula is H8Mo9N2Ni2O36W2. The van der Waals surface area contributed by atoms with Crippen LogP contribution in [-0.2, 0) is 287 Å².